The molecule has 1 aromatic carbocycles. The Kier molecular flexibility index (Phi) is 5.93. The quantitative estimate of drug-likeness (QED) is 0.324. The molecular formula is C26H28N6O4. The summed E-state index contributed by atoms with van der Waals surface area (Å²) >= 11 is 0. The summed E-state index contributed by atoms with van der Waals surface area (Å²) in [5.74, 6) is -0.106. The Morgan fingerprint density at radius 2 is 2.03 bits per heavy atom. The van der Waals surface area contributed by atoms with Crippen LogP contribution in [-0.2, 0) is 4.79 Å². The molecule has 0 spiro atoms. The van der Waals surface area contributed by atoms with Gasteiger partial charge in [0.1, 0.15) is 5.82 Å². The molecule has 0 bridgehead atoms. The maximum atomic E-state index is 13.0. The highest BCUT2D eigenvalue weighted by Crippen LogP contribution is 2.34. The second kappa shape index (κ2) is 8.96. The van der Waals surface area contributed by atoms with E-state index in [-0.39, 0.29) is 5.78 Å². The summed E-state index contributed by atoms with van der Waals surface area (Å²) in [6.07, 6.45) is 3.76. The average Bonchev–Trinajstić information content (AvgIpc) is 3.31. The smallest absolute Gasteiger partial charge is 0.231 e. The predicted molar refractivity (Wildman–Crippen MR) is 135 cm³/mol. The predicted octanol–water partition coefficient (Wildman–Crippen LogP) is 2.42. The number of aryl methyl sites for hydroxylation is 1. The Morgan fingerprint density at radius 1 is 1.25 bits per heavy atom. The Labute approximate surface area is 207 Å². The van der Waals surface area contributed by atoms with Crippen LogP contribution in [0.25, 0.3) is 27.7 Å². The van der Waals surface area contributed by atoms with Gasteiger partial charge in [-0.3, -0.25) is 14.6 Å². The first-order chi connectivity index (χ1) is 17.3. The number of ketones is 1. The Balaban J connectivity index is 1.65. The number of fused-ring (bicyclic) bond motifs is 4. The van der Waals surface area contributed by atoms with Gasteiger partial charge in [-0.1, -0.05) is 11.6 Å². The second-order valence-electron chi connectivity index (χ2n) is 9.61. The zero-order valence-electron chi connectivity index (χ0n) is 20.4. The molecule has 0 radical (unpaired) electrons. The molecule has 3 aromatic heterocycles. The van der Waals surface area contributed by atoms with Gasteiger partial charge in [-0.2, -0.15) is 9.61 Å². The third-order valence-electron chi connectivity index (χ3n) is 6.75. The molecular weight excluding hydrogens is 460 g/mol. The standard InChI is InChI=1S/C26H28N6O4/c1-14-4-5-19-16(8-14)9-17(10-28-19)18-11-29-32-23(18)31-22(21-20(35)6-7-27-24(21)32)15(2)30-25(36)26(3,12-33)13-34/h4-5,8-11,15,27,33-34H,6-7,12-13H2,1-3H3,(H,30,36). The fraction of sp³-hybridized carbons (Fsp3) is 0.346. The van der Waals surface area contributed by atoms with Crippen LogP contribution in [0.1, 0.15) is 47.9 Å². The molecule has 5 rings (SSSR count). The minimum absolute atomic E-state index is 0.0961. The lowest BCUT2D eigenvalue weighted by atomic mass is 9.91. The summed E-state index contributed by atoms with van der Waals surface area (Å²) in [6, 6.07) is 7.42. The van der Waals surface area contributed by atoms with Crippen LogP contribution in [0.3, 0.4) is 0 Å². The first kappa shape index (κ1) is 23.8. The van der Waals surface area contributed by atoms with Gasteiger partial charge in [0, 0.05) is 35.7 Å². The third-order valence-corrected chi connectivity index (χ3v) is 6.75. The highest BCUT2D eigenvalue weighted by atomic mass is 16.3. The lowest BCUT2D eigenvalue weighted by molar-refractivity contribution is -0.135. The van der Waals surface area contributed by atoms with E-state index in [1.807, 2.05) is 25.1 Å². The number of carbonyl (C=O) groups is 2. The minimum atomic E-state index is -1.36. The van der Waals surface area contributed by atoms with Crippen molar-refractivity contribution in [3.8, 4) is 11.1 Å². The molecule has 1 aliphatic heterocycles. The van der Waals surface area contributed by atoms with Crippen LogP contribution in [0.2, 0.25) is 0 Å². The topological polar surface area (TPSA) is 142 Å². The van der Waals surface area contributed by atoms with E-state index in [4.69, 9.17) is 4.98 Å². The Morgan fingerprint density at radius 3 is 2.78 bits per heavy atom. The normalized spacial score (nSPS) is 14.5. The van der Waals surface area contributed by atoms with E-state index in [1.165, 1.54) is 6.92 Å². The number of carbonyl (C=O) groups excluding carboxylic acids is 2. The van der Waals surface area contributed by atoms with Gasteiger partial charge in [0.15, 0.2) is 11.4 Å². The Hall–Kier alpha value is -3.89. The number of pyridine rings is 1. The van der Waals surface area contributed by atoms with E-state index in [1.54, 1.807) is 23.8 Å². The average molecular weight is 489 g/mol. The van der Waals surface area contributed by atoms with Gasteiger partial charge >= 0.3 is 0 Å². The number of benzene rings is 1. The number of aliphatic hydroxyl groups is 2. The van der Waals surface area contributed by atoms with Crippen LogP contribution in [0.4, 0.5) is 5.82 Å². The monoisotopic (exact) mass is 488 g/mol. The van der Waals surface area contributed by atoms with E-state index >= 15 is 0 Å². The maximum absolute atomic E-state index is 13.0. The first-order valence-electron chi connectivity index (χ1n) is 11.8. The number of nitrogens with one attached hydrogen (secondary N) is 2. The molecule has 10 nitrogen and oxygen atoms in total. The lowest BCUT2D eigenvalue weighted by Crippen LogP contribution is -2.45. The number of aliphatic hydroxyl groups excluding tert-OH is 2. The minimum Gasteiger partial charge on any atom is -0.395 e. The van der Waals surface area contributed by atoms with E-state index in [2.05, 4.69) is 26.8 Å². The summed E-state index contributed by atoms with van der Waals surface area (Å²) in [4.78, 5) is 35.2. The van der Waals surface area contributed by atoms with Crippen molar-refractivity contribution in [1.29, 1.82) is 0 Å². The highest BCUT2D eigenvalue weighted by molar-refractivity contribution is 6.04. The van der Waals surface area contributed by atoms with Gasteiger partial charge in [-0.15, -0.1) is 0 Å². The number of hydrogen-bond donors (Lipinski definition) is 4. The van der Waals surface area contributed by atoms with Crippen molar-refractivity contribution in [3.05, 3.63) is 53.5 Å². The molecule has 36 heavy (non-hydrogen) atoms. The van der Waals surface area contributed by atoms with E-state index < -0.39 is 30.6 Å². The van der Waals surface area contributed by atoms with Gasteiger partial charge < -0.3 is 20.8 Å². The summed E-state index contributed by atoms with van der Waals surface area (Å²) in [6.45, 7) is 4.65. The van der Waals surface area contributed by atoms with Gasteiger partial charge in [0.25, 0.3) is 0 Å². The summed E-state index contributed by atoms with van der Waals surface area (Å²) in [5, 5.41) is 30.8. The van der Waals surface area contributed by atoms with Crippen LogP contribution in [0.5, 0.6) is 0 Å². The van der Waals surface area contributed by atoms with Crippen LogP contribution in [0.15, 0.2) is 36.7 Å². The highest BCUT2D eigenvalue weighted by Gasteiger charge is 2.35. The lowest BCUT2D eigenvalue weighted by Gasteiger charge is -2.27. The van der Waals surface area contributed by atoms with Crippen molar-refractivity contribution >= 4 is 34.1 Å². The molecule has 4 aromatic rings. The van der Waals surface area contributed by atoms with Crippen molar-refractivity contribution < 1.29 is 19.8 Å². The number of amides is 1. The molecule has 1 aliphatic rings. The Bertz CT molecular complexity index is 1510. The first-order valence-corrected chi connectivity index (χ1v) is 11.8. The summed E-state index contributed by atoms with van der Waals surface area (Å²) in [7, 11) is 0. The number of Topliss-reactive ketones (excluding diaryl/α,β-unsaturated/α-hetero) is 1. The van der Waals surface area contributed by atoms with Crippen LogP contribution in [-0.4, -0.2) is 61.2 Å². The molecule has 1 atom stereocenters. The SMILES string of the molecule is Cc1ccc2ncc(-c3cnn4c5c(c(C(C)NC(=O)C(C)(CO)CO)nc34)C(=O)CCN5)cc2c1. The van der Waals surface area contributed by atoms with E-state index in [9.17, 15) is 19.8 Å². The number of nitrogens with zero attached hydrogens (tertiary/aromatic N) is 4. The largest absolute Gasteiger partial charge is 0.395 e. The van der Waals surface area contributed by atoms with Crippen molar-refractivity contribution in [2.24, 2.45) is 5.41 Å². The molecule has 1 unspecified atom stereocenters. The molecule has 0 saturated heterocycles. The van der Waals surface area contributed by atoms with Gasteiger partial charge in [-0.05, 0) is 39.0 Å². The van der Waals surface area contributed by atoms with Crippen LogP contribution >= 0.6 is 0 Å². The zero-order valence-corrected chi connectivity index (χ0v) is 20.4. The second-order valence-corrected chi connectivity index (χ2v) is 9.61. The van der Waals surface area contributed by atoms with Crippen LogP contribution < -0.4 is 10.6 Å². The van der Waals surface area contributed by atoms with Gasteiger partial charge in [0.05, 0.1) is 47.6 Å². The van der Waals surface area contributed by atoms with E-state index in [0.717, 1.165) is 27.6 Å². The molecule has 1 amide bonds. The van der Waals surface area contributed by atoms with Gasteiger partial charge in [-0.25, -0.2) is 4.98 Å². The fourth-order valence-electron chi connectivity index (χ4n) is 4.42. The number of aromatic nitrogens is 4. The number of rotatable bonds is 6. The van der Waals surface area contributed by atoms with Crippen molar-refractivity contribution in [2.75, 3.05) is 25.1 Å². The van der Waals surface area contributed by atoms with Crippen molar-refractivity contribution in [1.82, 2.24) is 24.9 Å². The van der Waals surface area contributed by atoms with E-state index in [0.29, 0.717) is 35.7 Å². The summed E-state index contributed by atoms with van der Waals surface area (Å²) in [5.41, 5.74) is 3.50. The van der Waals surface area contributed by atoms with Crippen LogP contribution in [0, 0.1) is 12.3 Å². The molecule has 0 saturated carbocycles. The maximum Gasteiger partial charge on any atom is 0.231 e. The molecule has 186 valence electrons. The molecule has 4 N–H and O–H groups in total. The number of hydrogen-bond acceptors (Lipinski definition) is 8. The number of anilines is 1. The zero-order chi connectivity index (χ0) is 25.6. The van der Waals surface area contributed by atoms with Crippen molar-refractivity contribution in [2.45, 2.75) is 33.2 Å². The summed E-state index contributed by atoms with van der Waals surface area (Å²) < 4.78 is 1.62. The third kappa shape index (κ3) is 3.88. The molecule has 0 aliphatic carbocycles. The molecule has 10 heteroatoms. The van der Waals surface area contributed by atoms with Gasteiger partial charge in [0.2, 0.25) is 5.91 Å². The molecule has 4 heterocycles. The van der Waals surface area contributed by atoms with Crippen molar-refractivity contribution in [3.63, 3.8) is 0 Å². The fourth-order valence-corrected chi connectivity index (χ4v) is 4.42. The molecule has 0 fully saturated rings.